The molecule has 0 bridgehead atoms. The van der Waals surface area contributed by atoms with Gasteiger partial charge in [0.1, 0.15) is 16.7 Å². The molecule has 116 valence electrons. The van der Waals surface area contributed by atoms with Gasteiger partial charge in [-0.1, -0.05) is 30.3 Å². The van der Waals surface area contributed by atoms with Crippen molar-refractivity contribution < 1.29 is 8.95 Å². The minimum atomic E-state index is -1.32. The molecule has 2 aromatic carbocycles. The Kier molecular flexibility index (Phi) is 5.14. The number of benzene rings is 2. The molecule has 2 aromatic rings. The molecule has 4 heteroatoms. The average Bonchev–Trinajstić information content (AvgIpc) is 2.52. The van der Waals surface area contributed by atoms with Crippen molar-refractivity contribution in [3.05, 3.63) is 65.7 Å². The van der Waals surface area contributed by atoms with Gasteiger partial charge in [-0.3, -0.25) is 0 Å². The fourth-order valence-corrected chi connectivity index (χ4v) is 2.49. The summed E-state index contributed by atoms with van der Waals surface area (Å²) in [6, 6.07) is 17.4. The third-order valence-electron chi connectivity index (χ3n) is 3.11. The fraction of sp³-hybridized carbons (Fsp3) is 0.278. The van der Waals surface area contributed by atoms with E-state index < -0.39 is 15.7 Å². The Balaban J connectivity index is 2.50. The Bertz CT molecular complexity index is 670. The van der Waals surface area contributed by atoms with Crippen molar-refractivity contribution in [1.29, 1.82) is 0 Å². The van der Waals surface area contributed by atoms with Crippen molar-refractivity contribution in [2.24, 2.45) is 4.40 Å². The zero-order valence-electron chi connectivity index (χ0n) is 13.4. The second kappa shape index (κ2) is 6.88. The highest BCUT2D eigenvalue weighted by atomic mass is 32.2. The number of nitrogens with zero attached hydrogens (tertiary/aromatic N) is 1. The molecule has 22 heavy (non-hydrogen) atoms. The summed E-state index contributed by atoms with van der Waals surface area (Å²) >= 11 is 0. The summed E-state index contributed by atoms with van der Waals surface area (Å²) in [5.41, 5.74) is 2.60. The smallest absolute Gasteiger partial charge is 0.145 e. The van der Waals surface area contributed by atoms with Crippen LogP contribution in [0.4, 0.5) is 0 Å². The quantitative estimate of drug-likeness (QED) is 0.800. The minimum Gasteiger partial charge on any atom is -0.497 e. The topological polar surface area (TPSA) is 38.7 Å². The van der Waals surface area contributed by atoms with E-state index in [1.807, 2.05) is 75.4 Å². The molecule has 0 N–H and O–H groups in total. The van der Waals surface area contributed by atoms with E-state index in [1.165, 1.54) is 0 Å². The number of hydrogen-bond acceptors (Lipinski definition) is 2. The largest absolute Gasteiger partial charge is 0.497 e. The number of hydrogen-bond donors (Lipinski definition) is 0. The van der Waals surface area contributed by atoms with Crippen LogP contribution in [0.2, 0.25) is 0 Å². The number of rotatable bonds is 4. The lowest BCUT2D eigenvalue weighted by Crippen LogP contribution is -2.21. The van der Waals surface area contributed by atoms with Crippen LogP contribution in [0.3, 0.4) is 0 Å². The van der Waals surface area contributed by atoms with Gasteiger partial charge in [0, 0.05) is 11.1 Å². The third-order valence-corrected chi connectivity index (χ3v) is 4.50. The zero-order chi connectivity index (χ0) is 16.2. The highest BCUT2D eigenvalue weighted by molar-refractivity contribution is 7.85. The first-order valence-electron chi connectivity index (χ1n) is 7.12. The summed E-state index contributed by atoms with van der Waals surface area (Å²) in [4.78, 5) is 0. The fourth-order valence-electron chi connectivity index (χ4n) is 1.84. The summed E-state index contributed by atoms with van der Waals surface area (Å²) in [5, 5.41) is 0. The molecule has 0 saturated heterocycles. The van der Waals surface area contributed by atoms with Crippen LogP contribution in [0.1, 0.15) is 31.9 Å². The van der Waals surface area contributed by atoms with E-state index in [0.29, 0.717) is 0 Å². The highest BCUT2D eigenvalue weighted by Gasteiger charge is 2.20. The van der Waals surface area contributed by atoms with E-state index in [2.05, 4.69) is 4.40 Å². The molecule has 0 aliphatic rings. The van der Waals surface area contributed by atoms with Gasteiger partial charge in [-0.25, -0.2) is 4.21 Å². The van der Waals surface area contributed by atoms with Crippen LogP contribution in [0.25, 0.3) is 0 Å². The number of ether oxygens (including phenoxy) is 1. The molecule has 0 heterocycles. The maximum absolute atomic E-state index is 12.4. The summed E-state index contributed by atoms with van der Waals surface area (Å²) < 4.78 is 21.7. The van der Waals surface area contributed by atoms with Crippen molar-refractivity contribution in [3.8, 4) is 5.75 Å². The lowest BCUT2D eigenvalue weighted by Gasteiger charge is -2.15. The minimum absolute atomic E-state index is 0.396. The van der Waals surface area contributed by atoms with Gasteiger partial charge < -0.3 is 4.74 Å². The maximum atomic E-state index is 12.4. The average molecular weight is 315 g/mol. The van der Waals surface area contributed by atoms with Crippen LogP contribution in [0, 0.1) is 0 Å². The number of methoxy groups -OCH3 is 1. The van der Waals surface area contributed by atoms with Gasteiger partial charge in [-0.2, -0.15) is 4.40 Å². The van der Waals surface area contributed by atoms with E-state index in [1.54, 1.807) is 7.11 Å². The summed E-state index contributed by atoms with van der Waals surface area (Å²) in [7, 11) is 0.316. The van der Waals surface area contributed by atoms with Crippen LogP contribution in [0.15, 0.2) is 59.0 Å². The van der Waals surface area contributed by atoms with Crippen LogP contribution < -0.4 is 4.74 Å². The van der Waals surface area contributed by atoms with E-state index in [-0.39, 0.29) is 0 Å². The van der Waals surface area contributed by atoms with Crippen LogP contribution in [-0.2, 0) is 11.0 Å². The second-order valence-corrected chi connectivity index (χ2v) is 7.80. The molecular formula is C18H21NO2S. The van der Waals surface area contributed by atoms with E-state index in [0.717, 1.165) is 22.6 Å². The highest BCUT2D eigenvalue weighted by Crippen LogP contribution is 2.19. The van der Waals surface area contributed by atoms with Gasteiger partial charge in [-0.05, 0) is 45.0 Å². The zero-order valence-corrected chi connectivity index (χ0v) is 14.2. The van der Waals surface area contributed by atoms with Crippen LogP contribution in [0.5, 0.6) is 5.75 Å². The maximum Gasteiger partial charge on any atom is 0.145 e. The van der Waals surface area contributed by atoms with Gasteiger partial charge >= 0.3 is 0 Å². The second-order valence-electron chi connectivity index (χ2n) is 5.90. The van der Waals surface area contributed by atoms with E-state index in [9.17, 15) is 4.21 Å². The van der Waals surface area contributed by atoms with Crippen molar-refractivity contribution >= 4 is 16.7 Å². The molecule has 1 atom stereocenters. The first-order valence-corrected chi connectivity index (χ1v) is 8.23. The summed E-state index contributed by atoms with van der Waals surface area (Å²) in [6.45, 7) is 5.76. The molecule has 1 unspecified atom stereocenters. The van der Waals surface area contributed by atoms with Crippen molar-refractivity contribution in [2.45, 2.75) is 25.5 Å². The summed E-state index contributed by atoms with van der Waals surface area (Å²) in [5.74, 6) is 0.785. The van der Waals surface area contributed by atoms with E-state index in [4.69, 9.17) is 4.74 Å². The van der Waals surface area contributed by atoms with Gasteiger partial charge in [0.2, 0.25) is 0 Å². The van der Waals surface area contributed by atoms with Gasteiger partial charge in [0.25, 0.3) is 0 Å². The predicted octanol–water partition coefficient (Wildman–Crippen LogP) is 3.99. The molecule has 0 amide bonds. The van der Waals surface area contributed by atoms with Gasteiger partial charge in [0.15, 0.2) is 0 Å². The van der Waals surface area contributed by atoms with Gasteiger partial charge in [-0.15, -0.1) is 0 Å². The molecular weight excluding hydrogens is 294 g/mol. The SMILES string of the molecule is COc1ccc(/C(=N/S(=O)C(C)(C)C)c2ccccc2)cc1. The first-order chi connectivity index (χ1) is 10.4. The molecule has 3 nitrogen and oxygen atoms in total. The lowest BCUT2D eigenvalue weighted by molar-refractivity contribution is 0.415. The Hall–Kier alpha value is -1.94. The molecule has 0 saturated carbocycles. The van der Waals surface area contributed by atoms with Crippen molar-refractivity contribution in [2.75, 3.05) is 7.11 Å². The Morgan fingerprint density at radius 2 is 1.50 bits per heavy atom. The molecule has 0 spiro atoms. The molecule has 0 aromatic heterocycles. The first kappa shape index (κ1) is 16.4. The molecule has 2 rings (SSSR count). The van der Waals surface area contributed by atoms with E-state index >= 15 is 0 Å². The molecule has 0 fully saturated rings. The molecule has 0 radical (unpaired) electrons. The lowest BCUT2D eigenvalue weighted by atomic mass is 10.0. The van der Waals surface area contributed by atoms with Crippen LogP contribution >= 0.6 is 0 Å². The molecule has 0 aliphatic heterocycles. The normalized spacial score (nSPS) is 13.7. The Morgan fingerprint density at radius 1 is 0.955 bits per heavy atom. The predicted molar refractivity (Wildman–Crippen MR) is 93.0 cm³/mol. The van der Waals surface area contributed by atoms with Crippen molar-refractivity contribution in [1.82, 2.24) is 0 Å². The summed E-state index contributed by atoms with van der Waals surface area (Å²) in [6.07, 6.45) is 0. The van der Waals surface area contributed by atoms with Crippen LogP contribution in [-0.4, -0.2) is 21.8 Å². The monoisotopic (exact) mass is 315 g/mol. The Morgan fingerprint density at radius 3 is 2.00 bits per heavy atom. The Labute approximate surface area is 134 Å². The van der Waals surface area contributed by atoms with Crippen molar-refractivity contribution in [3.63, 3.8) is 0 Å². The standard InChI is InChI=1S/C18H21NO2S/c1-18(2,3)22(20)19-17(14-8-6-5-7-9-14)15-10-12-16(21-4)13-11-15/h5-13H,1-4H3/b19-17+. The molecule has 0 aliphatic carbocycles. The third kappa shape index (κ3) is 4.04. The van der Waals surface area contributed by atoms with Gasteiger partial charge in [0.05, 0.1) is 17.6 Å².